The van der Waals surface area contributed by atoms with Gasteiger partial charge in [-0.25, -0.2) is 0 Å². The fourth-order valence-corrected chi connectivity index (χ4v) is 5.20. The quantitative estimate of drug-likeness (QED) is 0.131. The molecule has 0 saturated heterocycles. The summed E-state index contributed by atoms with van der Waals surface area (Å²) in [6.07, 6.45) is 20.8. The van der Waals surface area contributed by atoms with Gasteiger partial charge in [0.25, 0.3) is 0 Å². The highest BCUT2D eigenvalue weighted by molar-refractivity contribution is 5.81. The number of hydrogen-bond donors (Lipinski definition) is 2. The van der Waals surface area contributed by atoms with Gasteiger partial charge in [0.15, 0.2) is 0 Å². The predicted molar refractivity (Wildman–Crippen MR) is 147 cm³/mol. The third-order valence-corrected chi connectivity index (χ3v) is 7.11. The molecule has 0 bridgehead atoms. The van der Waals surface area contributed by atoms with Crippen molar-refractivity contribution in [1.29, 1.82) is 0 Å². The van der Waals surface area contributed by atoms with Gasteiger partial charge in [0.05, 0.1) is 18.2 Å². The van der Waals surface area contributed by atoms with Crippen molar-refractivity contribution in [3.63, 3.8) is 0 Å². The summed E-state index contributed by atoms with van der Waals surface area (Å²) >= 11 is 0. The molecule has 0 aromatic heterocycles. The minimum atomic E-state index is -0.434. The second kappa shape index (κ2) is 23.0. The maximum Gasteiger partial charge on any atom is 0.147 e. The number of hydrogen-bond acceptors (Lipinski definition) is 4. The summed E-state index contributed by atoms with van der Waals surface area (Å²) in [7, 11) is 0. The summed E-state index contributed by atoms with van der Waals surface area (Å²) in [5.41, 5.74) is 0. The van der Waals surface area contributed by atoms with E-state index in [2.05, 4.69) is 32.6 Å². The van der Waals surface area contributed by atoms with E-state index in [1.54, 1.807) is 6.92 Å². The van der Waals surface area contributed by atoms with Crippen LogP contribution in [0, 0.1) is 5.92 Å². The van der Waals surface area contributed by atoms with Gasteiger partial charge in [-0.2, -0.15) is 0 Å². The number of nitrogens with zero attached hydrogens (tertiary/aromatic N) is 1. The lowest BCUT2D eigenvalue weighted by molar-refractivity contribution is -0.125. The Labute approximate surface area is 213 Å². The number of Topliss-reactive ketones (excluding diaryl/α,β-unsaturated/α-hetero) is 1. The lowest BCUT2D eigenvalue weighted by Crippen LogP contribution is -2.50. The molecular formula is C30H61NO3. The zero-order valence-corrected chi connectivity index (χ0v) is 23.7. The topological polar surface area (TPSA) is 60.8 Å². The van der Waals surface area contributed by atoms with Crippen molar-refractivity contribution in [3.05, 3.63) is 0 Å². The molecule has 4 nitrogen and oxygen atoms in total. The van der Waals surface area contributed by atoms with Gasteiger partial charge in [-0.05, 0) is 25.7 Å². The first-order valence-electron chi connectivity index (χ1n) is 14.9. The van der Waals surface area contributed by atoms with E-state index in [4.69, 9.17) is 0 Å². The van der Waals surface area contributed by atoms with Crippen molar-refractivity contribution in [1.82, 2.24) is 4.90 Å². The molecule has 2 N–H and O–H groups in total. The van der Waals surface area contributed by atoms with E-state index in [-0.39, 0.29) is 17.7 Å². The standard InChI is InChI=1S/C30H61NO3/c1-6-8-10-12-14-16-18-20-22-28(33)24-31(30(26(3)4)27(5)32)25-29(34)23-21-19-17-15-13-11-9-7-2/h26,28-30,33-34H,6-25H2,1-5H3. The molecule has 0 aliphatic rings. The average molecular weight is 484 g/mol. The first-order valence-corrected chi connectivity index (χ1v) is 14.9. The lowest BCUT2D eigenvalue weighted by atomic mass is 9.96. The molecule has 0 spiro atoms. The highest BCUT2D eigenvalue weighted by Gasteiger charge is 2.29. The number of ketones is 1. The van der Waals surface area contributed by atoms with Crippen LogP contribution in [0.1, 0.15) is 150 Å². The van der Waals surface area contributed by atoms with Gasteiger partial charge in [-0.15, -0.1) is 0 Å². The Balaban J connectivity index is 4.41. The number of carbonyl (C=O) groups is 1. The summed E-state index contributed by atoms with van der Waals surface area (Å²) in [6.45, 7) is 11.2. The van der Waals surface area contributed by atoms with Crippen LogP contribution in [0.2, 0.25) is 0 Å². The number of rotatable bonds is 25. The molecule has 204 valence electrons. The van der Waals surface area contributed by atoms with Gasteiger partial charge >= 0.3 is 0 Å². The Morgan fingerprint density at radius 1 is 0.618 bits per heavy atom. The summed E-state index contributed by atoms with van der Waals surface area (Å²) in [6, 6.07) is -0.235. The Bertz CT molecular complexity index is 426. The van der Waals surface area contributed by atoms with Gasteiger partial charge in [0.2, 0.25) is 0 Å². The van der Waals surface area contributed by atoms with E-state index >= 15 is 0 Å². The first kappa shape index (κ1) is 33.5. The molecule has 0 rings (SSSR count). The van der Waals surface area contributed by atoms with Crippen LogP contribution in [0.5, 0.6) is 0 Å². The van der Waals surface area contributed by atoms with Crippen molar-refractivity contribution in [2.45, 2.75) is 168 Å². The van der Waals surface area contributed by atoms with Crippen molar-refractivity contribution >= 4 is 5.78 Å². The Morgan fingerprint density at radius 2 is 0.941 bits per heavy atom. The van der Waals surface area contributed by atoms with E-state index in [0.717, 1.165) is 25.7 Å². The van der Waals surface area contributed by atoms with Crippen LogP contribution in [0.4, 0.5) is 0 Å². The first-order chi connectivity index (χ1) is 16.3. The maximum absolute atomic E-state index is 12.4. The summed E-state index contributed by atoms with van der Waals surface area (Å²) in [5.74, 6) is 0.302. The Kier molecular flexibility index (Phi) is 22.7. The monoisotopic (exact) mass is 483 g/mol. The maximum atomic E-state index is 12.4. The highest BCUT2D eigenvalue weighted by atomic mass is 16.3. The molecule has 0 aromatic rings. The van der Waals surface area contributed by atoms with E-state index in [0.29, 0.717) is 13.1 Å². The molecule has 0 aliphatic heterocycles. The molecule has 0 aromatic carbocycles. The average Bonchev–Trinajstić information content (AvgIpc) is 2.76. The lowest BCUT2D eigenvalue weighted by Gasteiger charge is -2.35. The molecule has 34 heavy (non-hydrogen) atoms. The molecule has 3 atom stereocenters. The van der Waals surface area contributed by atoms with Crippen molar-refractivity contribution in [2.75, 3.05) is 13.1 Å². The van der Waals surface area contributed by atoms with Crippen molar-refractivity contribution in [2.24, 2.45) is 5.92 Å². The van der Waals surface area contributed by atoms with Gasteiger partial charge in [0, 0.05) is 13.1 Å². The normalized spacial score (nSPS) is 14.6. The third-order valence-electron chi connectivity index (χ3n) is 7.11. The number of aliphatic hydroxyl groups is 2. The second-order valence-corrected chi connectivity index (χ2v) is 11.1. The van der Waals surface area contributed by atoms with Crippen LogP contribution < -0.4 is 0 Å². The second-order valence-electron chi connectivity index (χ2n) is 11.1. The summed E-state index contributed by atoms with van der Waals surface area (Å²) in [4.78, 5) is 14.5. The summed E-state index contributed by atoms with van der Waals surface area (Å²) in [5, 5.41) is 21.4. The SMILES string of the molecule is CCCCCCCCCCC(O)CN(CC(O)CCCCCCCCCC)C(C(C)=O)C(C)C. The number of carbonyl (C=O) groups excluding carboxylic acids is 1. The predicted octanol–water partition coefficient (Wildman–Crippen LogP) is 7.69. The van der Waals surface area contributed by atoms with Crippen LogP contribution in [-0.4, -0.2) is 52.2 Å². The highest BCUT2D eigenvalue weighted by Crippen LogP contribution is 2.18. The molecule has 0 aliphatic carbocycles. The molecule has 4 heteroatoms. The molecular weight excluding hydrogens is 422 g/mol. The van der Waals surface area contributed by atoms with E-state index in [9.17, 15) is 15.0 Å². The van der Waals surface area contributed by atoms with Gasteiger partial charge < -0.3 is 10.2 Å². The van der Waals surface area contributed by atoms with Crippen LogP contribution in [-0.2, 0) is 4.79 Å². The Morgan fingerprint density at radius 3 is 1.24 bits per heavy atom. The minimum absolute atomic E-state index is 0.133. The number of unbranched alkanes of at least 4 members (excludes halogenated alkanes) is 14. The molecule has 0 heterocycles. The van der Waals surface area contributed by atoms with Crippen molar-refractivity contribution < 1.29 is 15.0 Å². The summed E-state index contributed by atoms with van der Waals surface area (Å²) < 4.78 is 0. The van der Waals surface area contributed by atoms with Crippen LogP contribution in [0.15, 0.2) is 0 Å². The minimum Gasteiger partial charge on any atom is -0.392 e. The van der Waals surface area contributed by atoms with E-state index in [1.165, 1.54) is 89.9 Å². The van der Waals surface area contributed by atoms with Crippen molar-refractivity contribution in [3.8, 4) is 0 Å². The van der Waals surface area contributed by atoms with Crippen LogP contribution in [0.3, 0.4) is 0 Å². The van der Waals surface area contributed by atoms with Gasteiger partial charge in [-0.1, -0.05) is 130 Å². The third kappa shape index (κ3) is 18.8. The zero-order valence-electron chi connectivity index (χ0n) is 23.7. The van der Waals surface area contributed by atoms with E-state index in [1.807, 2.05) is 0 Å². The van der Waals surface area contributed by atoms with Gasteiger partial charge in [-0.3, -0.25) is 9.69 Å². The smallest absolute Gasteiger partial charge is 0.147 e. The van der Waals surface area contributed by atoms with Gasteiger partial charge in [0.1, 0.15) is 5.78 Å². The fourth-order valence-electron chi connectivity index (χ4n) is 5.20. The molecule has 0 fully saturated rings. The molecule has 0 amide bonds. The number of aliphatic hydroxyl groups excluding tert-OH is 2. The molecule has 0 radical (unpaired) electrons. The van der Waals surface area contributed by atoms with E-state index < -0.39 is 12.2 Å². The zero-order chi connectivity index (χ0) is 25.6. The molecule has 3 unspecified atom stereocenters. The largest absolute Gasteiger partial charge is 0.392 e. The molecule has 0 saturated carbocycles. The Hall–Kier alpha value is -0.450. The van der Waals surface area contributed by atoms with Crippen LogP contribution in [0.25, 0.3) is 0 Å². The fraction of sp³-hybridized carbons (Fsp3) is 0.967. The van der Waals surface area contributed by atoms with Crippen LogP contribution >= 0.6 is 0 Å².